The lowest BCUT2D eigenvalue weighted by atomic mass is 9.98. The molecule has 0 unspecified atom stereocenters. The molecule has 0 fully saturated rings. The SMILES string of the molecule is c1ccc(-c2ccc(-c3cccc4c5ccccc5n(-c5ccc(-c6nc(-c7ccccc7)c7ccccc7n6)cc5)c34)cc2)cc1.c1ccc(-c2ccc(-c3nc(-c4ccc(-n5c6ccccc6c6cccc(-c7ccc(-c8ccccc8)cc7)c65)cc4)nc4ccccc34)cc2)cc1.c1ccc(-c2ccc(-c3nc(-n4c5ccccc5c5cccc(-c6ccc(-c7ccccc7)cc6)c54)nc4ccccc34)cc2)cc1. The summed E-state index contributed by atoms with van der Waals surface area (Å²) in [6.45, 7) is 0. The van der Waals surface area contributed by atoms with Crippen LogP contribution in [0.4, 0.5) is 0 Å². The van der Waals surface area contributed by atoms with Gasteiger partial charge in [0.05, 0.1) is 66.7 Å². The number of fused-ring (bicyclic) bond motifs is 12. The Balaban J connectivity index is 0.000000112. The smallest absolute Gasteiger partial charge is 0.235 e. The van der Waals surface area contributed by atoms with E-state index in [4.69, 9.17) is 29.9 Å². The minimum Gasteiger partial charge on any atom is -0.309 e. The predicted molar refractivity (Wildman–Crippen MR) is 612 cm³/mol. The Morgan fingerprint density at radius 1 is 0.122 bits per heavy atom. The van der Waals surface area contributed by atoms with Gasteiger partial charge in [-0.25, -0.2) is 29.9 Å². The second-order valence-corrected chi connectivity index (χ2v) is 37.1. The van der Waals surface area contributed by atoms with Crippen LogP contribution in [0, 0.1) is 0 Å². The van der Waals surface area contributed by atoms with Crippen molar-refractivity contribution in [3.05, 3.63) is 552 Å². The van der Waals surface area contributed by atoms with Gasteiger partial charge < -0.3 is 9.13 Å². The van der Waals surface area contributed by atoms with Crippen molar-refractivity contribution in [2.75, 3.05) is 0 Å². The van der Waals surface area contributed by atoms with Crippen molar-refractivity contribution in [2.45, 2.75) is 0 Å². The molecule has 0 saturated heterocycles. The highest BCUT2D eigenvalue weighted by Gasteiger charge is 2.25. The van der Waals surface area contributed by atoms with Crippen LogP contribution in [0.3, 0.4) is 0 Å². The average molecular weight is 1880 g/mol. The summed E-state index contributed by atoms with van der Waals surface area (Å²) in [5.74, 6) is 2.08. The fourth-order valence-corrected chi connectivity index (χ4v) is 21.2. The van der Waals surface area contributed by atoms with E-state index < -0.39 is 0 Å². The summed E-state index contributed by atoms with van der Waals surface area (Å²) in [5, 5.41) is 10.4. The van der Waals surface area contributed by atoms with Crippen LogP contribution in [-0.2, 0) is 0 Å². The van der Waals surface area contributed by atoms with E-state index in [9.17, 15) is 0 Å². The molecule has 6 aromatic heterocycles. The standard InChI is InChI=1S/C50H33N3.2C44H29N3/c1-3-12-34(13-4-1)36-22-26-38(27-23-36)42-18-11-19-44-43-16-8-10-21-47(43)53(49(42)44)41-32-30-40(31-33-41)50-51-46-20-9-7-17-45(46)48(52-50)39-28-24-37(25-29-39)35-14-5-2-6-15-35;1-3-12-30(13-4-1)32-22-26-34(27-23-32)36-18-11-19-38-37-16-8-10-21-41(37)47(43(36)38)44-45-40-20-9-7-17-39(40)42(46-44)35-28-24-33(25-29-35)31-14-5-2-6-15-31;1-3-12-30(13-4-1)31-22-24-32(25-23-31)36-18-11-19-38-37-16-8-10-21-41(37)47(43(36)38)35-28-26-34(27-29-35)44-45-40-20-9-7-17-39(40)42(46-44)33-14-5-2-6-15-33/h1-33H;2*1-29H. The monoisotopic (exact) mass is 1870 g/mol. The molecule has 0 atom stereocenters. The lowest BCUT2D eigenvalue weighted by molar-refractivity contribution is 1.01. The van der Waals surface area contributed by atoms with Crippen molar-refractivity contribution in [1.29, 1.82) is 0 Å². The van der Waals surface area contributed by atoms with Gasteiger partial charge in [0.2, 0.25) is 5.95 Å². The Labute approximate surface area is 850 Å². The van der Waals surface area contributed by atoms with Crippen molar-refractivity contribution in [2.24, 2.45) is 0 Å². The Hall–Kier alpha value is -19.7. The molecule has 28 rings (SSSR count). The van der Waals surface area contributed by atoms with Crippen LogP contribution in [-0.4, -0.2) is 43.6 Å². The minimum atomic E-state index is 0.658. The molecule has 9 nitrogen and oxygen atoms in total. The molecule has 22 aromatic carbocycles. The van der Waals surface area contributed by atoms with Crippen LogP contribution >= 0.6 is 0 Å². The number of hydrogen-bond donors (Lipinski definition) is 0. The summed E-state index contributed by atoms with van der Waals surface area (Å²) >= 11 is 0. The van der Waals surface area contributed by atoms with Gasteiger partial charge in [-0.3, -0.25) is 4.57 Å². The zero-order valence-electron chi connectivity index (χ0n) is 80.1. The summed E-state index contributed by atoms with van der Waals surface area (Å²) in [4.78, 5) is 30.9. The first-order valence-electron chi connectivity index (χ1n) is 49.9. The Morgan fingerprint density at radius 3 is 0.646 bits per heavy atom. The fraction of sp³-hybridized carbons (Fsp3) is 0. The van der Waals surface area contributed by atoms with Crippen LogP contribution in [0.2, 0.25) is 0 Å². The number of nitrogens with zero attached hydrogens (tertiary/aromatic N) is 9. The van der Waals surface area contributed by atoms with Crippen LogP contribution in [0.25, 0.3) is 261 Å². The van der Waals surface area contributed by atoms with E-state index in [-0.39, 0.29) is 0 Å². The number of rotatable bonds is 16. The minimum absolute atomic E-state index is 0.658. The van der Waals surface area contributed by atoms with E-state index in [1.54, 1.807) is 0 Å². The summed E-state index contributed by atoms with van der Waals surface area (Å²) in [5.41, 5.74) is 38.9. The average Bonchev–Trinajstić information content (AvgIpc) is 1.58. The molecule has 147 heavy (non-hydrogen) atoms. The zero-order chi connectivity index (χ0) is 97.5. The summed E-state index contributed by atoms with van der Waals surface area (Å²) in [6.07, 6.45) is 0. The third kappa shape index (κ3) is 16.6. The van der Waals surface area contributed by atoms with Gasteiger partial charge in [-0.1, -0.05) is 467 Å². The Bertz CT molecular complexity index is 9740. The number of benzene rings is 22. The molecule has 0 amide bonds. The molecule has 0 radical (unpaired) electrons. The van der Waals surface area contributed by atoms with Crippen LogP contribution < -0.4 is 0 Å². The third-order valence-electron chi connectivity index (χ3n) is 28.3. The van der Waals surface area contributed by atoms with Crippen molar-refractivity contribution in [3.8, 4) is 163 Å². The highest BCUT2D eigenvalue weighted by atomic mass is 15.2. The molecular formula is C138H91N9. The molecule has 6 heterocycles. The summed E-state index contributed by atoms with van der Waals surface area (Å²) < 4.78 is 7.04. The summed E-state index contributed by atoms with van der Waals surface area (Å²) in [6, 6.07) is 195. The van der Waals surface area contributed by atoms with Gasteiger partial charge in [0.25, 0.3) is 0 Å². The first kappa shape index (κ1) is 87.5. The van der Waals surface area contributed by atoms with Gasteiger partial charge >= 0.3 is 0 Å². The quantitative estimate of drug-likeness (QED) is 0.0957. The van der Waals surface area contributed by atoms with Crippen LogP contribution in [0.1, 0.15) is 0 Å². The second-order valence-electron chi connectivity index (χ2n) is 37.1. The fourth-order valence-electron chi connectivity index (χ4n) is 21.2. The van der Waals surface area contributed by atoms with E-state index in [1.165, 1.54) is 132 Å². The van der Waals surface area contributed by atoms with Crippen molar-refractivity contribution in [1.82, 2.24) is 43.6 Å². The van der Waals surface area contributed by atoms with E-state index in [2.05, 4.69) is 523 Å². The van der Waals surface area contributed by atoms with Gasteiger partial charge in [-0.2, -0.15) is 0 Å². The van der Waals surface area contributed by atoms with Gasteiger partial charge in [0.1, 0.15) is 0 Å². The molecule has 0 aliphatic rings. The molecule has 0 aliphatic carbocycles. The lowest BCUT2D eigenvalue weighted by Crippen LogP contribution is -2.04. The van der Waals surface area contributed by atoms with Gasteiger partial charge in [-0.05, 0) is 157 Å². The number of hydrogen-bond acceptors (Lipinski definition) is 6. The normalized spacial score (nSPS) is 11.4. The first-order valence-corrected chi connectivity index (χ1v) is 49.9. The van der Waals surface area contributed by atoms with Crippen molar-refractivity contribution in [3.63, 3.8) is 0 Å². The molecule has 0 N–H and O–H groups in total. The van der Waals surface area contributed by atoms with Crippen molar-refractivity contribution < 1.29 is 0 Å². The van der Waals surface area contributed by atoms with E-state index in [0.29, 0.717) is 11.8 Å². The second kappa shape index (κ2) is 38.4. The van der Waals surface area contributed by atoms with E-state index in [1.807, 2.05) is 42.5 Å². The van der Waals surface area contributed by atoms with Gasteiger partial charge in [0.15, 0.2) is 11.6 Å². The maximum absolute atomic E-state index is 5.36. The molecule has 9 heteroatoms. The zero-order valence-corrected chi connectivity index (χ0v) is 80.1. The molecule has 688 valence electrons. The van der Waals surface area contributed by atoms with E-state index in [0.717, 1.165) is 117 Å². The first-order chi connectivity index (χ1) is 72.9. The highest BCUT2D eigenvalue weighted by Crippen LogP contribution is 2.46. The third-order valence-corrected chi connectivity index (χ3v) is 28.3. The molecule has 0 bridgehead atoms. The molecule has 0 spiro atoms. The predicted octanol–water partition coefficient (Wildman–Crippen LogP) is 35.9. The molecule has 0 aliphatic heterocycles. The van der Waals surface area contributed by atoms with E-state index >= 15 is 0 Å². The maximum atomic E-state index is 5.36. The number of para-hydroxylation sites is 9. The highest BCUT2D eigenvalue weighted by molar-refractivity contribution is 6.17. The van der Waals surface area contributed by atoms with Gasteiger partial charge in [0, 0.05) is 104 Å². The molecular weight excluding hydrogens is 1780 g/mol. The van der Waals surface area contributed by atoms with Gasteiger partial charge in [-0.15, -0.1) is 0 Å². The lowest BCUT2D eigenvalue weighted by Gasteiger charge is -2.14. The molecule has 0 saturated carbocycles. The largest absolute Gasteiger partial charge is 0.309 e. The Kier molecular flexibility index (Phi) is 22.8. The topological polar surface area (TPSA) is 92.1 Å². The van der Waals surface area contributed by atoms with Crippen molar-refractivity contribution >= 4 is 98.1 Å². The Morgan fingerprint density at radius 2 is 0.333 bits per heavy atom. The molecule has 28 aromatic rings. The summed E-state index contributed by atoms with van der Waals surface area (Å²) in [7, 11) is 0. The maximum Gasteiger partial charge on any atom is 0.235 e. The number of aromatic nitrogens is 9. The van der Waals surface area contributed by atoms with Crippen LogP contribution in [0.5, 0.6) is 0 Å². The van der Waals surface area contributed by atoms with Crippen LogP contribution in [0.15, 0.2) is 552 Å².